The largest absolute Gasteiger partial charge is 0.354 e. The van der Waals surface area contributed by atoms with Gasteiger partial charge in [-0.1, -0.05) is 30.3 Å². The van der Waals surface area contributed by atoms with Crippen molar-refractivity contribution < 1.29 is 0 Å². The zero-order chi connectivity index (χ0) is 15.2. The van der Waals surface area contributed by atoms with Gasteiger partial charge in [0.15, 0.2) is 0 Å². The topological polar surface area (TPSA) is 43.2 Å². The van der Waals surface area contributed by atoms with Gasteiger partial charge in [0.25, 0.3) is 0 Å². The van der Waals surface area contributed by atoms with E-state index in [1.807, 2.05) is 30.5 Å². The summed E-state index contributed by atoms with van der Waals surface area (Å²) in [5.41, 5.74) is 2.39. The van der Waals surface area contributed by atoms with Crippen LogP contribution in [-0.4, -0.2) is 36.1 Å². The van der Waals surface area contributed by atoms with Crippen molar-refractivity contribution in [3.05, 3.63) is 59.8 Å². The van der Waals surface area contributed by atoms with Crippen LogP contribution in [0.2, 0.25) is 0 Å². The number of anilines is 1. The van der Waals surface area contributed by atoms with Gasteiger partial charge in [0.2, 0.25) is 0 Å². The molecule has 1 aliphatic rings. The van der Waals surface area contributed by atoms with Crippen molar-refractivity contribution in [2.45, 2.75) is 13.0 Å². The summed E-state index contributed by atoms with van der Waals surface area (Å²) in [5.74, 6) is 1.07. The third-order valence-electron chi connectivity index (χ3n) is 4.03. The molecule has 1 fully saturated rings. The lowest BCUT2D eigenvalue weighted by Crippen LogP contribution is -2.46. The summed E-state index contributed by atoms with van der Waals surface area (Å²) in [4.78, 5) is 9.22. The lowest BCUT2D eigenvalue weighted by Gasteiger charge is -2.35. The molecule has 0 amide bonds. The molecule has 112 valence electrons. The van der Waals surface area contributed by atoms with Crippen molar-refractivity contribution in [1.82, 2.24) is 9.88 Å². The third kappa shape index (κ3) is 3.63. The van der Waals surface area contributed by atoms with Crippen molar-refractivity contribution in [2.24, 2.45) is 0 Å². The summed E-state index contributed by atoms with van der Waals surface area (Å²) >= 11 is 0. The highest BCUT2D eigenvalue weighted by molar-refractivity contribution is 5.38. The van der Waals surface area contributed by atoms with Crippen LogP contribution in [-0.2, 0) is 13.0 Å². The van der Waals surface area contributed by atoms with Crippen LogP contribution < -0.4 is 4.90 Å². The van der Waals surface area contributed by atoms with Crippen LogP contribution in [0, 0.1) is 11.3 Å². The number of piperazine rings is 1. The normalized spacial score (nSPS) is 15.5. The first-order chi connectivity index (χ1) is 10.8. The van der Waals surface area contributed by atoms with Gasteiger partial charge in [0, 0.05) is 38.9 Å². The van der Waals surface area contributed by atoms with Crippen molar-refractivity contribution >= 4 is 5.82 Å². The van der Waals surface area contributed by atoms with E-state index in [-0.39, 0.29) is 0 Å². The van der Waals surface area contributed by atoms with Gasteiger partial charge in [-0.2, -0.15) is 5.26 Å². The van der Waals surface area contributed by atoms with Crippen LogP contribution in [0.25, 0.3) is 0 Å². The average Bonchev–Trinajstić information content (AvgIpc) is 2.57. The number of benzene rings is 1. The quantitative estimate of drug-likeness (QED) is 0.868. The molecule has 1 aliphatic heterocycles. The van der Waals surface area contributed by atoms with Gasteiger partial charge in [-0.15, -0.1) is 0 Å². The molecule has 1 aromatic carbocycles. The summed E-state index contributed by atoms with van der Waals surface area (Å²) in [7, 11) is 0. The molecule has 0 bridgehead atoms. The lowest BCUT2D eigenvalue weighted by molar-refractivity contribution is 0.249. The predicted octanol–water partition coefficient (Wildman–Crippen LogP) is 2.47. The van der Waals surface area contributed by atoms with Gasteiger partial charge < -0.3 is 4.90 Å². The maximum absolute atomic E-state index is 8.80. The van der Waals surface area contributed by atoms with E-state index >= 15 is 0 Å². The molecule has 4 nitrogen and oxygen atoms in total. The molecule has 22 heavy (non-hydrogen) atoms. The Bertz CT molecular complexity index is 640. The fourth-order valence-electron chi connectivity index (χ4n) is 2.86. The molecule has 0 saturated carbocycles. The summed E-state index contributed by atoms with van der Waals surface area (Å²) in [5, 5.41) is 8.80. The molecule has 0 unspecified atom stereocenters. The number of nitriles is 1. The highest BCUT2D eigenvalue weighted by Crippen LogP contribution is 2.15. The molecule has 0 radical (unpaired) electrons. The molecular weight excluding hydrogens is 272 g/mol. The second kappa shape index (κ2) is 7.06. The molecular formula is C18H20N4. The monoisotopic (exact) mass is 292 g/mol. The van der Waals surface area contributed by atoms with E-state index in [1.54, 1.807) is 0 Å². The highest BCUT2D eigenvalue weighted by Gasteiger charge is 2.17. The number of aromatic nitrogens is 1. The molecule has 1 saturated heterocycles. The van der Waals surface area contributed by atoms with E-state index in [1.165, 1.54) is 5.56 Å². The first-order valence-corrected chi connectivity index (χ1v) is 7.68. The number of nitrogens with zero attached hydrogens (tertiary/aromatic N) is 4. The number of pyridine rings is 1. The van der Waals surface area contributed by atoms with Crippen LogP contribution >= 0.6 is 0 Å². The Labute approximate surface area is 131 Å². The molecule has 0 spiro atoms. The number of rotatable bonds is 4. The van der Waals surface area contributed by atoms with Gasteiger partial charge in [0.05, 0.1) is 12.5 Å². The molecule has 2 heterocycles. The first kappa shape index (κ1) is 14.6. The molecule has 3 rings (SSSR count). The maximum atomic E-state index is 8.80. The van der Waals surface area contributed by atoms with E-state index in [2.05, 4.69) is 39.1 Å². The van der Waals surface area contributed by atoms with E-state index in [0.717, 1.165) is 44.1 Å². The second-order valence-corrected chi connectivity index (χ2v) is 5.61. The van der Waals surface area contributed by atoms with Crippen LogP contribution in [0.5, 0.6) is 0 Å². The minimum absolute atomic E-state index is 0.487. The molecule has 4 heteroatoms. The smallest absolute Gasteiger partial charge is 0.128 e. The van der Waals surface area contributed by atoms with Gasteiger partial charge in [-0.25, -0.2) is 4.98 Å². The number of hydrogen-bond donors (Lipinski definition) is 0. The van der Waals surface area contributed by atoms with Crippen LogP contribution in [0.1, 0.15) is 11.1 Å². The van der Waals surface area contributed by atoms with Gasteiger partial charge >= 0.3 is 0 Å². The van der Waals surface area contributed by atoms with Crippen molar-refractivity contribution in [1.29, 1.82) is 5.26 Å². The maximum Gasteiger partial charge on any atom is 0.128 e. The minimum Gasteiger partial charge on any atom is -0.354 e. The van der Waals surface area contributed by atoms with E-state index in [0.29, 0.717) is 6.42 Å². The van der Waals surface area contributed by atoms with Gasteiger partial charge in [-0.3, -0.25) is 4.90 Å². The fourth-order valence-corrected chi connectivity index (χ4v) is 2.86. The van der Waals surface area contributed by atoms with Gasteiger partial charge in [-0.05, 0) is 23.3 Å². The highest BCUT2D eigenvalue weighted by atomic mass is 15.3. The Morgan fingerprint density at radius 2 is 1.82 bits per heavy atom. The molecule has 2 aromatic rings. The molecule has 0 aliphatic carbocycles. The van der Waals surface area contributed by atoms with E-state index in [9.17, 15) is 0 Å². The summed E-state index contributed by atoms with van der Waals surface area (Å²) in [6.07, 6.45) is 2.34. The molecule has 1 aromatic heterocycles. The minimum atomic E-state index is 0.487. The summed E-state index contributed by atoms with van der Waals surface area (Å²) < 4.78 is 0. The average molecular weight is 292 g/mol. The Kier molecular flexibility index (Phi) is 4.67. The van der Waals surface area contributed by atoms with E-state index < -0.39 is 0 Å². The SMILES string of the molecule is N#CCc1cccc(CN2CCN(c3ccccn3)CC2)c1. The Morgan fingerprint density at radius 3 is 2.55 bits per heavy atom. The fraction of sp³-hybridized carbons (Fsp3) is 0.333. The summed E-state index contributed by atoms with van der Waals surface area (Å²) in [6.45, 7) is 5.05. The Balaban J connectivity index is 1.56. The zero-order valence-corrected chi connectivity index (χ0v) is 12.7. The first-order valence-electron chi connectivity index (χ1n) is 7.68. The molecule has 0 atom stereocenters. The van der Waals surface area contributed by atoms with E-state index in [4.69, 9.17) is 5.26 Å². The summed E-state index contributed by atoms with van der Waals surface area (Å²) in [6, 6.07) is 16.6. The standard InChI is InChI=1S/C18H20N4/c19-8-7-16-4-3-5-17(14-16)15-21-10-12-22(13-11-21)18-6-1-2-9-20-18/h1-6,9,14H,7,10-13,15H2. The Hall–Kier alpha value is -2.38. The third-order valence-corrected chi connectivity index (χ3v) is 4.03. The van der Waals surface area contributed by atoms with Crippen molar-refractivity contribution in [2.75, 3.05) is 31.1 Å². The van der Waals surface area contributed by atoms with Gasteiger partial charge in [0.1, 0.15) is 5.82 Å². The zero-order valence-electron chi connectivity index (χ0n) is 12.7. The van der Waals surface area contributed by atoms with Crippen LogP contribution in [0.4, 0.5) is 5.82 Å². The molecule has 0 N–H and O–H groups in total. The number of hydrogen-bond acceptors (Lipinski definition) is 4. The predicted molar refractivity (Wildman–Crippen MR) is 87.5 cm³/mol. The van der Waals surface area contributed by atoms with Crippen molar-refractivity contribution in [3.63, 3.8) is 0 Å². The van der Waals surface area contributed by atoms with Crippen molar-refractivity contribution in [3.8, 4) is 6.07 Å². The lowest BCUT2D eigenvalue weighted by atomic mass is 10.1. The van der Waals surface area contributed by atoms with Crippen LogP contribution in [0.15, 0.2) is 48.7 Å². The van der Waals surface area contributed by atoms with Crippen LogP contribution in [0.3, 0.4) is 0 Å². The Morgan fingerprint density at radius 1 is 1.00 bits per heavy atom. The second-order valence-electron chi connectivity index (χ2n) is 5.61.